The maximum atomic E-state index is 12.5. The molecule has 0 saturated carbocycles. The van der Waals surface area contributed by atoms with E-state index in [4.69, 9.17) is 9.47 Å². The molecule has 30 heavy (non-hydrogen) atoms. The van der Waals surface area contributed by atoms with E-state index in [2.05, 4.69) is 5.32 Å². The van der Waals surface area contributed by atoms with Gasteiger partial charge in [-0.05, 0) is 62.7 Å². The standard InChI is InChI=1S/C21H26N2O6S/c1-6-28-17-10-8-16(9-11-17)21(25)29-15(3)20(24)22-19-13-18(12-7-14(19)2)30(26,27)23(4)5/h7-13,15H,6H2,1-5H3,(H,22,24). The Hall–Kier alpha value is -2.91. The highest BCUT2D eigenvalue weighted by atomic mass is 32.2. The molecule has 2 aromatic carbocycles. The van der Waals surface area contributed by atoms with Gasteiger partial charge in [-0.25, -0.2) is 17.5 Å². The monoisotopic (exact) mass is 434 g/mol. The summed E-state index contributed by atoms with van der Waals surface area (Å²) in [6, 6.07) is 10.8. The Labute approximate surface area is 176 Å². The molecule has 0 aliphatic carbocycles. The van der Waals surface area contributed by atoms with Gasteiger partial charge in [0.1, 0.15) is 5.75 Å². The zero-order chi connectivity index (χ0) is 22.5. The third kappa shape index (κ3) is 5.58. The third-order valence-electron chi connectivity index (χ3n) is 4.30. The van der Waals surface area contributed by atoms with Gasteiger partial charge in [0, 0.05) is 19.8 Å². The topological polar surface area (TPSA) is 102 Å². The summed E-state index contributed by atoms with van der Waals surface area (Å²) in [4.78, 5) is 24.8. The lowest BCUT2D eigenvalue weighted by Gasteiger charge is -2.17. The van der Waals surface area contributed by atoms with E-state index in [0.29, 0.717) is 23.6 Å². The first-order chi connectivity index (χ1) is 14.1. The second-order valence-electron chi connectivity index (χ2n) is 6.76. The van der Waals surface area contributed by atoms with Crippen LogP contribution in [0.25, 0.3) is 0 Å². The molecule has 0 fully saturated rings. The van der Waals surface area contributed by atoms with E-state index in [1.807, 2.05) is 6.92 Å². The van der Waals surface area contributed by atoms with Crippen LogP contribution in [0.4, 0.5) is 5.69 Å². The number of rotatable bonds is 8. The number of anilines is 1. The lowest BCUT2D eigenvalue weighted by Crippen LogP contribution is -2.30. The summed E-state index contributed by atoms with van der Waals surface area (Å²) in [6.07, 6.45) is -1.09. The minimum atomic E-state index is -3.65. The SMILES string of the molecule is CCOc1ccc(C(=O)OC(C)C(=O)Nc2cc(S(=O)(=O)N(C)C)ccc2C)cc1. The fraction of sp³-hybridized carbons (Fsp3) is 0.333. The minimum absolute atomic E-state index is 0.0486. The quantitative estimate of drug-likeness (QED) is 0.641. The van der Waals surface area contributed by atoms with Crippen LogP contribution in [-0.4, -0.2) is 51.4 Å². The normalized spacial score (nSPS) is 12.3. The van der Waals surface area contributed by atoms with Crippen molar-refractivity contribution in [2.45, 2.75) is 31.8 Å². The first-order valence-corrected chi connectivity index (χ1v) is 10.8. The summed E-state index contributed by atoms with van der Waals surface area (Å²) >= 11 is 0. The predicted molar refractivity (Wildman–Crippen MR) is 113 cm³/mol. The number of carbonyl (C=O) groups is 2. The number of nitrogens with one attached hydrogen (secondary N) is 1. The molecule has 162 valence electrons. The van der Waals surface area contributed by atoms with Crippen LogP contribution in [0, 0.1) is 6.92 Å². The fourth-order valence-corrected chi connectivity index (χ4v) is 3.41. The molecule has 0 spiro atoms. The summed E-state index contributed by atoms with van der Waals surface area (Å²) in [5, 5.41) is 2.62. The molecule has 1 amide bonds. The Morgan fingerprint density at radius 2 is 1.73 bits per heavy atom. The van der Waals surface area contributed by atoms with Crippen molar-refractivity contribution in [3.8, 4) is 5.75 Å². The second kappa shape index (κ2) is 9.73. The largest absolute Gasteiger partial charge is 0.494 e. The number of hydrogen-bond donors (Lipinski definition) is 1. The van der Waals surface area contributed by atoms with Gasteiger partial charge in [0.15, 0.2) is 6.10 Å². The van der Waals surface area contributed by atoms with Crippen molar-refractivity contribution in [1.29, 1.82) is 0 Å². The molecule has 1 unspecified atom stereocenters. The number of amides is 1. The van der Waals surface area contributed by atoms with E-state index in [-0.39, 0.29) is 10.5 Å². The van der Waals surface area contributed by atoms with Crippen LogP contribution >= 0.6 is 0 Å². The molecule has 1 N–H and O–H groups in total. The first kappa shape index (κ1) is 23.4. The molecule has 2 rings (SSSR count). The van der Waals surface area contributed by atoms with Gasteiger partial charge in [-0.15, -0.1) is 0 Å². The minimum Gasteiger partial charge on any atom is -0.494 e. The highest BCUT2D eigenvalue weighted by Gasteiger charge is 2.22. The van der Waals surface area contributed by atoms with Gasteiger partial charge in [-0.1, -0.05) is 6.07 Å². The predicted octanol–water partition coefficient (Wildman–Crippen LogP) is 2.83. The van der Waals surface area contributed by atoms with Crippen LogP contribution in [0.1, 0.15) is 29.8 Å². The Morgan fingerprint density at radius 1 is 1.10 bits per heavy atom. The number of sulfonamides is 1. The molecule has 2 aromatic rings. The molecule has 1 atom stereocenters. The molecule has 0 saturated heterocycles. The summed E-state index contributed by atoms with van der Waals surface area (Å²) in [6.45, 7) is 5.54. The van der Waals surface area contributed by atoms with Crippen LogP contribution in [0.5, 0.6) is 5.75 Å². The Morgan fingerprint density at radius 3 is 2.30 bits per heavy atom. The van der Waals surface area contributed by atoms with Crippen LogP contribution in [0.15, 0.2) is 47.4 Å². The van der Waals surface area contributed by atoms with E-state index < -0.39 is 28.0 Å². The molecule has 0 heterocycles. The molecule has 0 bridgehead atoms. The van der Waals surface area contributed by atoms with E-state index >= 15 is 0 Å². The van der Waals surface area contributed by atoms with Crippen molar-refractivity contribution in [3.05, 3.63) is 53.6 Å². The third-order valence-corrected chi connectivity index (χ3v) is 6.11. The molecule has 0 aliphatic rings. The first-order valence-electron chi connectivity index (χ1n) is 9.34. The van der Waals surface area contributed by atoms with Gasteiger partial charge in [-0.2, -0.15) is 0 Å². The zero-order valence-corrected chi connectivity index (χ0v) is 18.4. The number of esters is 1. The number of ether oxygens (including phenoxy) is 2. The zero-order valence-electron chi connectivity index (χ0n) is 17.6. The van der Waals surface area contributed by atoms with Gasteiger partial charge in [-0.3, -0.25) is 4.79 Å². The van der Waals surface area contributed by atoms with Crippen molar-refractivity contribution >= 4 is 27.6 Å². The van der Waals surface area contributed by atoms with Gasteiger partial charge in [0.25, 0.3) is 5.91 Å². The number of nitrogens with zero attached hydrogens (tertiary/aromatic N) is 1. The van der Waals surface area contributed by atoms with Crippen LogP contribution in [0.2, 0.25) is 0 Å². The molecular formula is C21H26N2O6S. The number of hydrogen-bond acceptors (Lipinski definition) is 6. The molecule has 8 nitrogen and oxygen atoms in total. The van der Waals surface area contributed by atoms with Gasteiger partial charge < -0.3 is 14.8 Å². The summed E-state index contributed by atoms with van der Waals surface area (Å²) in [7, 11) is -0.796. The molecule has 0 radical (unpaired) electrons. The maximum absolute atomic E-state index is 12.5. The van der Waals surface area contributed by atoms with Crippen molar-refractivity contribution < 1.29 is 27.5 Å². The summed E-state index contributed by atoms with van der Waals surface area (Å²) in [5.74, 6) is -0.596. The molecular weight excluding hydrogens is 408 g/mol. The van der Waals surface area contributed by atoms with E-state index in [9.17, 15) is 18.0 Å². The molecule has 9 heteroatoms. The molecule has 0 aromatic heterocycles. The Bertz CT molecular complexity index is 1020. The summed E-state index contributed by atoms with van der Waals surface area (Å²) < 4.78 is 36.3. The number of benzene rings is 2. The van der Waals surface area contributed by atoms with E-state index in [0.717, 1.165) is 4.31 Å². The summed E-state index contributed by atoms with van der Waals surface area (Å²) in [5.41, 5.74) is 1.28. The lowest BCUT2D eigenvalue weighted by molar-refractivity contribution is -0.123. The van der Waals surface area contributed by atoms with Gasteiger partial charge >= 0.3 is 5.97 Å². The van der Waals surface area contributed by atoms with Crippen molar-refractivity contribution in [2.24, 2.45) is 0 Å². The average Bonchev–Trinajstić information content (AvgIpc) is 2.70. The number of aryl methyl sites for hydroxylation is 1. The van der Waals surface area contributed by atoms with Gasteiger partial charge in [0.2, 0.25) is 10.0 Å². The van der Waals surface area contributed by atoms with E-state index in [1.165, 1.54) is 33.2 Å². The van der Waals surface area contributed by atoms with Crippen LogP contribution in [0.3, 0.4) is 0 Å². The molecule has 0 aliphatic heterocycles. The Balaban J connectivity index is 2.09. The lowest BCUT2D eigenvalue weighted by atomic mass is 10.2. The van der Waals surface area contributed by atoms with Gasteiger partial charge in [0.05, 0.1) is 17.1 Å². The van der Waals surface area contributed by atoms with E-state index in [1.54, 1.807) is 37.3 Å². The second-order valence-corrected chi connectivity index (χ2v) is 8.91. The van der Waals surface area contributed by atoms with Crippen molar-refractivity contribution in [2.75, 3.05) is 26.0 Å². The smallest absolute Gasteiger partial charge is 0.338 e. The van der Waals surface area contributed by atoms with Crippen LogP contribution < -0.4 is 10.1 Å². The highest BCUT2D eigenvalue weighted by molar-refractivity contribution is 7.89. The maximum Gasteiger partial charge on any atom is 0.338 e. The number of carbonyl (C=O) groups excluding carboxylic acids is 2. The fourth-order valence-electron chi connectivity index (χ4n) is 2.48. The van der Waals surface area contributed by atoms with Crippen LogP contribution in [-0.2, 0) is 19.6 Å². The average molecular weight is 435 g/mol. The highest BCUT2D eigenvalue weighted by Crippen LogP contribution is 2.22. The Kier molecular flexibility index (Phi) is 7.58. The van der Waals surface area contributed by atoms with Crippen molar-refractivity contribution in [3.63, 3.8) is 0 Å². The van der Waals surface area contributed by atoms with Crippen molar-refractivity contribution in [1.82, 2.24) is 4.31 Å².